The van der Waals surface area contributed by atoms with Crippen LogP contribution < -0.4 is 0 Å². The molecule has 0 spiro atoms. The van der Waals surface area contributed by atoms with Gasteiger partial charge in [0.2, 0.25) is 5.79 Å². The fourth-order valence-electron chi connectivity index (χ4n) is 9.26. The van der Waals surface area contributed by atoms with E-state index in [4.69, 9.17) is 0 Å². The summed E-state index contributed by atoms with van der Waals surface area (Å²) >= 11 is 0. The van der Waals surface area contributed by atoms with Gasteiger partial charge in [0.1, 0.15) is 0 Å². The number of Topliss-reactive ketones (excluding diaryl/α,β-unsaturated/α-hetero) is 1. The predicted molar refractivity (Wildman–Crippen MR) is 121 cm³/mol. The highest BCUT2D eigenvalue weighted by Gasteiger charge is 2.65. The van der Waals surface area contributed by atoms with E-state index in [9.17, 15) is 15.0 Å². The van der Waals surface area contributed by atoms with Crippen LogP contribution in [0.3, 0.4) is 0 Å². The van der Waals surface area contributed by atoms with Crippen LogP contribution in [0.2, 0.25) is 0 Å². The number of ketones is 1. The van der Waals surface area contributed by atoms with Crippen LogP contribution in [-0.2, 0) is 4.79 Å². The zero-order chi connectivity index (χ0) is 21.9. The molecule has 1 unspecified atom stereocenters. The minimum absolute atomic E-state index is 0.0946. The van der Waals surface area contributed by atoms with Crippen LogP contribution in [0.25, 0.3) is 0 Å². The standard InChI is InChI=1S/C27H46O3/c1-17(2)7-6-8-18(3)20-10-11-21-19-9-12-23-26(5,16-14-24(28)27(23,29)30)22(19)13-15-25(20,21)4/h17-23,29-30H,6-16H2,1-5H3/t18-,19+,20-,21+,22+,23?,25-,26-/m1/s1. The van der Waals surface area contributed by atoms with Crippen molar-refractivity contribution in [2.75, 3.05) is 0 Å². The molecule has 4 fully saturated rings. The second kappa shape index (κ2) is 7.87. The fourth-order valence-corrected chi connectivity index (χ4v) is 9.26. The molecule has 0 radical (unpaired) electrons. The molecule has 4 saturated carbocycles. The van der Waals surface area contributed by atoms with Gasteiger partial charge in [0.05, 0.1) is 0 Å². The monoisotopic (exact) mass is 418 g/mol. The van der Waals surface area contributed by atoms with Gasteiger partial charge in [-0.25, -0.2) is 0 Å². The van der Waals surface area contributed by atoms with Crippen molar-refractivity contribution in [3.63, 3.8) is 0 Å². The van der Waals surface area contributed by atoms with Crippen LogP contribution in [0.1, 0.15) is 105 Å². The van der Waals surface area contributed by atoms with Crippen LogP contribution in [0.5, 0.6) is 0 Å². The zero-order valence-corrected chi connectivity index (χ0v) is 20.1. The molecule has 0 aromatic heterocycles. The second-order valence-electron chi connectivity index (χ2n) is 12.7. The van der Waals surface area contributed by atoms with Gasteiger partial charge >= 0.3 is 0 Å². The molecule has 3 nitrogen and oxygen atoms in total. The smallest absolute Gasteiger partial charge is 0.227 e. The van der Waals surface area contributed by atoms with Crippen molar-refractivity contribution < 1.29 is 15.0 Å². The second-order valence-corrected chi connectivity index (χ2v) is 12.7. The molecule has 30 heavy (non-hydrogen) atoms. The van der Waals surface area contributed by atoms with E-state index in [0.717, 1.165) is 42.9 Å². The van der Waals surface area contributed by atoms with E-state index in [-0.39, 0.29) is 17.1 Å². The summed E-state index contributed by atoms with van der Waals surface area (Å²) in [6.45, 7) is 12.1. The van der Waals surface area contributed by atoms with Gasteiger partial charge in [-0.15, -0.1) is 0 Å². The van der Waals surface area contributed by atoms with Gasteiger partial charge < -0.3 is 10.2 Å². The first-order valence-electron chi connectivity index (χ1n) is 13.0. The van der Waals surface area contributed by atoms with Crippen molar-refractivity contribution in [3.05, 3.63) is 0 Å². The third-order valence-electron chi connectivity index (χ3n) is 10.9. The molecule has 172 valence electrons. The van der Waals surface area contributed by atoms with E-state index in [1.807, 2.05) is 0 Å². The van der Waals surface area contributed by atoms with Crippen molar-refractivity contribution >= 4 is 5.78 Å². The SMILES string of the molecule is CC(C)CCC[C@@H](C)[C@H]1CC[C@H]2[C@@H]3CCC4C(O)(O)C(=O)CC[C@]4(C)[C@H]3CC[C@]12C. The van der Waals surface area contributed by atoms with Gasteiger partial charge in [-0.2, -0.15) is 0 Å². The van der Waals surface area contributed by atoms with Crippen LogP contribution in [-0.4, -0.2) is 21.8 Å². The van der Waals surface area contributed by atoms with Crippen LogP contribution in [0.15, 0.2) is 0 Å². The number of hydrogen-bond donors (Lipinski definition) is 2. The summed E-state index contributed by atoms with van der Waals surface area (Å²) in [6.07, 6.45) is 12.4. The summed E-state index contributed by atoms with van der Waals surface area (Å²) in [5.74, 6) is 1.81. The molecule has 0 bridgehead atoms. The summed E-state index contributed by atoms with van der Waals surface area (Å²) in [4.78, 5) is 12.3. The number of hydrogen-bond acceptors (Lipinski definition) is 3. The average molecular weight is 419 g/mol. The maximum absolute atomic E-state index is 12.3. The van der Waals surface area contributed by atoms with Crippen molar-refractivity contribution in [2.24, 2.45) is 52.3 Å². The molecule has 4 aliphatic carbocycles. The minimum atomic E-state index is -2.10. The Bertz CT molecular complexity index is 654. The van der Waals surface area contributed by atoms with Gasteiger partial charge in [0, 0.05) is 12.3 Å². The fraction of sp³-hybridized carbons (Fsp3) is 0.963. The molecule has 0 aromatic carbocycles. The van der Waals surface area contributed by atoms with Gasteiger partial charge in [0.15, 0.2) is 5.78 Å². The van der Waals surface area contributed by atoms with Gasteiger partial charge in [-0.3, -0.25) is 4.79 Å². The lowest BCUT2D eigenvalue weighted by Gasteiger charge is -2.62. The van der Waals surface area contributed by atoms with E-state index >= 15 is 0 Å². The van der Waals surface area contributed by atoms with Gasteiger partial charge in [-0.05, 0) is 91.3 Å². The number of fused-ring (bicyclic) bond motifs is 5. The Hall–Kier alpha value is -0.410. The summed E-state index contributed by atoms with van der Waals surface area (Å²) in [5.41, 5.74) is 0.365. The molecule has 8 atom stereocenters. The normalized spacial score (nSPS) is 46.3. The molecule has 0 aromatic rings. The molecule has 0 aliphatic heterocycles. The number of carbonyl (C=O) groups is 1. The van der Waals surface area contributed by atoms with E-state index in [1.54, 1.807) is 0 Å². The number of rotatable bonds is 5. The van der Waals surface area contributed by atoms with E-state index in [0.29, 0.717) is 23.7 Å². The molecule has 3 heteroatoms. The van der Waals surface area contributed by atoms with E-state index in [2.05, 4.69) is 34.6 Å². The Morgan fingerprint density at radius 3 is 2.30 bits per heavy atom. The molecule has 0 saturated heterocycles. The van der Waals surface area contributed by atoms with E-state index in [1.165, 1.54) is 44.9 Å². The van der Waals surface area contributed by atoms with Crippen LogP contribution >= 0.6 is 0 Å². The predicted octanol–water partition coefficient (Wildman–Crippen LogP) is 5.97. The molecule has 4 rings (SSSR count). The van der Waals surface area contributed by atoms with Crippen LogP contribution in [0, 0.1) is 52.3 Å². The largest absolute Gasteiger partial charge is 0.359 e. The van der Waals surface area contributed by atoms with Crippen LogP contribution in [0.4, 0.5) is 0 Å². The third-order valence-corrected chi connectivity index (χ3v) is 10.9. The number of aliphatic hydroxyl groups is 2. The average Bonchev–Trinajstić information content (AvgIpc) is 3.02. The zero-order valence-electron chi connectivity index (χ0n) is 20.1. The lowest BCUT2D eigenvalue weighted by Crippen LogP contribution is -2.62. The minimum Gasteiger partial charge on any atom is -0.359 e. The first kappa shape index (κ1) is 22.8. The lowest BCUT2D eigenvalue weighted by molar-refractivity contribution is -0.257. The van der Waals surface area contributed by atoms with Crippen molar-refractivity contribution in [1.82, 2.24) is 0 Å². The molecular weight excluding hydrogens is 372 g/mol. The maximum atomic E-state index is 12.3. The van der Waals surface area contributed by atoms with Crippen molar-refractivity contribution in [3.8, 4) is 0 Å². The first-order chi connectivity index (χ1) is 14.0. The first-order valence-corrected chi connectivity index (χ1v) is 13.0. The Morgan fingerprint density at radius 1 is 0.900 bits per heavy atom. The molecule has 4 aliphatic rings. The topological polar surface area (TPSA) is 57.5 Å². The quantitative estimate of drug-likeness (QED) is 0.541. The Morgan fingerprint density at radius 2 is 1.60 bits per heavy atom. The van der Waals surface area contributed by atoms with Crippen molar-refractivity contribution in [2.45, 2.75) is 111 Å². The van der Waals surface area contributed by atoms with E-state index < -0.39 is 5.79 Å². The van der Waals surface area contributed by atoms with Gasteiger partial charge in [0.25, 0.3) is 0 Å². The highest BCUT2D eigenvalue weighted by Crippen LogP contribution is 2.68. The Balaban J connectivity index is 1.51. The summed E-state index contributed by atoms with van der Waals surface area (Å²) in [6, 6.07) is 0. The molecular formula is C27H46O3. The summed E-state index contributed by atoms with van der Waals surface area (Å²) in [7, 11) is 0. The number of carbonyl (C=O) groups excluding carboxylic acids is 1. The lowest BCUT2D eigenvalue weighted by atomic mass is 9.43. The summed E-state index contributed by atoms with van der Waals surface area (Å²) in [5, 5.41) is 21.3. The van der Waals surface area contributed by atoms with Gasteiger partial charge in [-0.1, -0.05) is 53.9 Å². The highest BCUT2D eigenvalue weighted by molar-refractivity contribution is 5.86. The maximum Gasteiger partial charge on any atom is 0.227 e. The Kier molecular flexibility index (Phi) is 5.97. The highest BCUT2D eigenvalue weighted by atomic mass is 16.5. The third kappa shape index (κ3) is 3.41. The molecule has 0 amide bonds. The molecule has 0 heterocycles. The molecule has 2 N–H and O–H groups in total. The summed E-state index contributed by atoms with van der Waals surface area (Å²) < 4.78 is 0. The van der Waals surface area contributed by atoms with Crippen molar-refractivity contribution in [1.29, 1.82) is 0 Å². The Labute approximate surface area is 184 Å².